The number of hydrogen-bond acceptors (Lipinski definition) is 2. The molecule has 1 fully saturated rings. The van der Waals surface area contributed by atoms with Gasteiger partial charge >= 0.3 is 0 Å². The van der Waals surface area contributed by atoms with E-state index >= 15 is 0 Å². The molecule has 0 spiro atoms. The second-order valence-corrected chi connectivity index (χ2v) is 5.51. The van der Waals surface area contributed by atoms with E-state index in [0.717, 1.165) is 12.5 Å². The first-order valence-corrected chi connectivity index (χ1v) is 7.30. The Morgan fingerprint density at radius 2 is 1.78 bits per heavy atom. The van der Waals surface area contributed by atoms with Crippen LogP contribution in [-0.2, 0) is 0 Å². The molecule has 0 aliphatic heterocycles. The lowest BCUT2D eigenvalue weighted by Gasteiger charge is -2.33. The molecule has 1 aromatic carbocycles. The summed E-state index contributed by atoms with van der Waals surface area (Å²) in [6.07, 6.45) is 7.85. The first kappa shape index (κ1) is 13.4. The number of anilines is 1. The van der Waals surface area contributed by atoms with E-state index in [1.54, 1.807) is 0 Å². The molecule has 100 valence electrons. The predicted molar refractivity (Wildman–Crippen MR) is 78.9 cm³/mol. The maximum Gasteiger partial charge on any atom is 0.0366 e. The molecular formula is C16H26N2. The molecule has 0 amide bonds. The van der Waals surface area contributed by atoms with Gasteiger partial charge in [0.2, 0.25) is 0 Å². The third-order valence-electron chi connectivity index (χ3n) is 4.29. The zero-order valence-electron chi connectivity index (χ0n) is 11.7. The molecule has 1 unspecified atom stereocenters. The van der Waals surface area contributed by atoms with E-state index in [2.05, 4.69) is 43.1 Å². The molecule has 1 aromatic rings. The third kappa shape index (κ3) is 3.05. The largest absolute Gasteiger partial charge is 0.372 e. The van der Waals surface area contributed by atoms with E-state index < -0.39 is 0 Å². The van der Waals surface area contributed by atoms with Crippen LogP contribution in [0.25, 0.3) is 0 Å². The lowest BCUT2D eigenvalue weighted by atomic mass is 9.94. The number of nitrogens with zero attached hydrogens (tertiary/aromatic N) is 1. The molecule has 18 heavy (non-hydrogen) atoms. The van der Waals surface area contributed by atoms with Crippen LogP contribution in [0.4, 0.5) is 5.69 Å². The van der Waals surface area contributed by atoms with Crippen LogP contribution in [0.2, 0.25) is 0 Å². The maximum absolute atomic E-state index is 6.05. The zero-order valence-corrected chi connectivity index (χ0v) is 11.7. The van der Waals surface area contributed by atoms with Crippen LogP contribution in [0.15, 0.2) is 24.3 Å². The summed E-state index contributed by atoms with van der Waals surface area (Å²) in [6.45, 7) is 2.13. The normalized spacial score (nSPS) is 18.6. The Hall–Kier alpha value is -1.02. The molecule has 0 radical (unpaired) electrons. The van der Waals surface area contributed by atoms with E-state index in [0.29, 0.717) is 0 Å². The van der Waals surface area contributed by atoms with E-state index in [1.807, 2.05) is 0 Å². The summed E-state index contributed by atoms with van der Waals surface area (Å²) in [4.78, 5) is 2.44. The molecule has 0 saturated heterocycles. The highest BCUT2D eigenvalue weighted by Gasteiger charge is 2.18. The topological polar surface area (TPSA) is 29.3 Å². The van der Waals surface area contributed by atoms with Crippen molar-refractivity contribution in [2.45, 2.75) is 57.5 Å². The lowest BCUT2D eigenvalue weighted by molar-refractivity contribution is 0.427. The SMILES string of the molecule is CCC(N)c1ccc(N(C)C2CCCCC2)cc1. The summed E-state index contributed by atoms with van der Waals surface area (Å²) in [7, 11) is 2.23. The second kappa shape index (κ2) is 6.24. The Labute approximate surface area is 111 Å². The fourth-order valence-electron chi connectivity index (χ4n) is 2.87. The number of rotatable bonds is 4. The van der Waals surface area contributed by atoms with Gasteiger partial charge in [-0.25, -0.2) is 0 Å². The summed E-state index contributed by atoms with van der Waals surface area (Å²) in [6, 6.07) is 9.72. The Morgan fingerprint density at radius 3 is 2.33 bits per heavy atom. The number of hydrogen-bond donors (Lipinski definition) is 1. The van der Waals surface area contributed by atoms with Crippen LogP contribution in [0.1, 0.15) is 57.1 Å². The summed E-state index contributed by atoms with van der Waals surface area (Å²) < 4.78 is 0. The molecule has 1 aliphatic rings. The van der Waals surface area contributed by atoms with E-state index in [1.165, 1.54) is 43.4 Å². The van der Waals surface area contributed by atoms with Gasteiger partial charge in [0.1, 0.15) is 0 Å². The molecule has 1 aliphatic carbocycles. The first-order chi connectivity index (χ1) is 8.72. The average Bonchev–Trinajstić information content (AvgIpc) is 2.47. The summed E-state index contributed by atoms with van der Waals surface area (Å²) in [5.74, 6) is 0. The highest BCUT2D eigenvalue weighted by Crippen LogP contribution is 2.27. The van der Waals surface area contributed by atoms with Crippen molar-refractivity contribution in [3.63, 3.8) is 0 Å². The smallest absolute Gasteiger partial charge is 0.0366 e. The molecule has 2 rings (SSSR count). The minimum absolute atomic E-state index is 0.180. The molecule has 2 heteroatoms. The van der Waals surface area contributed by atoms with Crippen LogP contribution in [0, 0.1) is 0 Å². The van der Waals surface area contributed by atoms with Crippen LogP contribution in [0.5, 0.6) is 0 Å². The monoisotopic (exact) mass is 246 g/mol. The van der Waals surface area contributed by atoms with Gasteiger partial charge in [0.15, 0.2) is 0 Å². The van der Waals surface area contributed by atoms with Crippen molar-refractivity contribution in [3.8, 4) is 0 Å². The highest BCUT2D eigenvalue weighted by atomic mass is 15.1. The minimum atomic E-state index is 0.180. The number of benzene rings is 1. The quantitative estimate of drug-likeness (QED) is 0.874. The third-order valence-corrected chi connectivity index (χ3v) is 4.29. The van der Waals surface area contributed by atoms with Crippen LogP contribution < -0.4 is 10.6 Å². The van der Waals surface area contributed by atoms with Gasteiger partial charge in [-0.05, 0) is 37.0 Å². The van der Waals surface area contributed by atoms with Crippen molar-refractivity contribution in [1.82, 2.24) is 0 Å². The zero-order chi connectivity index (χ0) is 13.0. The average molecular weight is 246 g/mol. The summed E-state index contributed by atoms with van der Waals surface area (Å²) in [5, 5.41) is 0. The second-order valence-electron chi connectivity index (χ2n) is 5.51. The van der Waals surface area contributed by atoms with Crippen molar-refractivity contribution < 1.29 is 0 Å². The summed E-state index contributed by atoms with van der Waals surface area (Å²) >= 11 is 0. The molecule has 0 bridgehead atoms. The molecule has 2 N–H and O–H groups in total. The van der Waals surface area contributed by atoms with Gasteiger partial charge < -0.3 is 10.6 Å². The van der Waals surface area contributed by atoms with Crippen LogP contribution >= 0.6 is 0 Å². The standard InChI is InChI=1S/C16H26N2/c1-3-16(17)13-9-11-15(12-10-13)18(2)14-7-5-4-6-8-14/h9-12,14,16H,3-8,17H2,1-2H3. The van der Waals surface area contributed by atoms with Gasteiger partial charge in [-0.1, -0.05) is 38.3 Å². The highest BCUT2D eigenvalue weighted by molar-refractivity contribution is 5.48. The Kier molecular flexibility index (Phi) is 4.65. The molecular weight excluding hydrogens is 220 g/mol. The van der Waals surface area contributed by atoms with Gasteiger partial charge in [0.05, 0.1) is 0 Å². The molecule has 0 aromatic heterocycles. The van der Waals surface area contributed by atoms with Gasteiger partial charge in [-0.15, -0.1) is 0 Å². The number of nitrogens with two attached hydrogens (primary N) is 1. The molecule has 1 saturated carbocycles. The lowest BCUT2D eigenvalue weighted by Crippen LogP contribution is -2.33. The predicted octanol–water partition coefficient (Wildman–Crippen LogP) is 3.87. The Balaban J connectivity index is 2.03. The molecule has 2 nitrogen and oxygen atoms in total. The molecule has 1 atom stereocenters. The van der Waals surface area contributed by atoms with E-state index in [-0.39, 0.29) is 6.04 Å². The van der Waals surface area contributed by atoms with Gasteiger partial charge in [0.25, 0.3) is 0 Å². The van der Waals surface area contributed by atoms with Crippen molar-refractivity contribution in [2.75, 3.05) is 11.9 Å². The van der Waals surface area contributed by atoms with E-state index in [4.69, 9.17) is 5.73 Å². The summed E-state index contributed by atoms with van der Waals surface area (Å²) in [5.41, 5.74) is 8.63. The van der Waals surface area contributed by atoms with Gasteiger partial charge in [0, 0.05) is 24.8 Å². The van der Waals surface area contributed by atoms with Crippen molar-refractivity contribution in [3.05, 3.63) is 29.8 Å². The van der Waals surface area contributed by atoms with Crippen LogP contribution in [-0.4, -0.2) is 13.1 Å². The van der Waals surface area contributed by atoms with E-state index in [9.17, 15) is 0 Å². The first-order valence-electron chi connectivity index (χ1n) is 7.30. The van der Waals surface area contributed by atoms with Crippen molar-refractivity contribution in [1.29, 1.82) is 0 Å². The Morgan fingerprint density at radius 1 is 1.17 bits per heavy atom. The maximum atomic E-state index is 6.05. The molecule has 0 heterocycles. The fourth-order valence-corrected chi connectivity index (χ4v) is 2.87. The fraction of sp³-hybridized carbons (Fsp3) is 0.625. The van der Waals surface area contributed by atoms with Gasteiger partial charge in [-0.2, -0.15) is 0 Å². The minimum Gasteiger partial charge on any atom is -0.372 e. The van der Waals surface area contributed by atoms with Crippen molar-refractivity contribution >= 4 is 5.69 Å². The van der Waals surface area contributed by atoms with Crippen molar-refractivity contribution in [2.24, 2.45) is 5.73 Å². The Bertz CT molecular complexity index is 352. The van der Waals surface area contributed by atoms with Crippen LogP contribution in [0.3, 0.4) is 0 Å². The van der Waals surface area contributed by atoms with Gasteiger partial charge in [-0.3, -0.25) is 0 Å².